The van der Waals surface area contributed by atoms with Gasteiger partial charge in [-0.3, -0.25) is 4.79 Å². The summed E-state index contributed by atoms with van der Waals surface area (Å²) in [6.45, 7) is 5.61. The van der Waals surface area contributed by atoms with Crippen molar-refractivity contribution in [2.75, 3.05) is 31.5 Å². The number of nitrogens with zero attached hydrogens (tertiary/aromatic N) is 3. The first-order valence-electron chi connectivity index (χ1n) is 9.85. The summed E-state index contributed by atoms with van der Waals surface area (Å²) in [5.41, 5.74) is 1.11. The Labute approximate surface area is 164 Å². The fourth-order valence-corrected chi connectivity index (χ4v) is 4.66. The number of pyridine rings is 1. The number of amides is 1. The summed E-state index contributed by atoms with van der Waals surface area (Å²) >= 11 is 1.63. The first kappa shape index (κ1) is 18.4. The number of rotatable bonds is 4. The highest BCUT2D eigenvalue weighted by Crippen LogP contribution is 2.29. The van der Waals surface area contributed by atoms with Crippen molar-refractivity contribution in [3.63, 3.8) is 0 Å². The van der Waals surface area contributed by atoms with Crippen LogP contribution in [0.3, 0.4) is 0 Å². The average molecular weight is 386 g/mol. The Morgan fingerprint density at radius 3 is 2.85 bits per heavy atom. The van der Waals surface area contributed by atoms with Crippen LogP contribution < -0.4 is 10.6 Å². The Morgan fingerprint density at radius 1 is 1.30 bits per heavy atom. The Balaban J connectivity index is 1.35. The van der Waals surface area contributed by atoms with Gasteiger partial charge in [-0.05, 0) is 51.3 Å². The van der Waals surface area contributed by atoms with Crippen LogP contribution in [0.2, 0.25) is 0 Å². The van der Waals surface area contributed by atoms with Gasteiger partial charge >= 0.3 is 0 Å². The zero-order chi connectivity index (χ0) is 18.6. The van der Waals surface area contributed by atoms with Crippen molar-refractivity contribution in [2.24, 2.45) is 5.92 Å². The lowest BCUT2D eigenvalue weighted by molar-refractivity contribution is -0.137. The number of aryl methyl sites for hydroxylation is 1. The second-order valence-corrected chi connectivity index (χ2v) is 8.73. The molecule has 2 fully saturated rings. The Hall–Kier alpha value is -1.99. The smallest absolute Gasteiger partial charge is 0.226 e. The van der Waals surface area contributed by atoms with Gasteiger partial charge in [0.2, 0.25) is 5.91 Å². The zero-order valence-corrected chi connectivity index (χ0v) is 16.6. The highest BCUT2D eigenvalue weighted by atomic mass is 32.1. The summed E-state index contributed by atoms with van der Waals surface area (Å²) in [5.74, 6) is 1.76. The summed E-state index contributed by atoms with van der Waals surface area (Å²) in [5, 5.41) is 7.52. The molecule has 0 spiro atoms. The van der Waals surface area contributed by atoms with E-state index in [4.69, 9.17) is 4.98 Å². The van der Waals surface area contributed by atoms with E-state index in [1.807, 2.05) is 19.2 Å². The molecule has 2 aromatic heterocycles. The van der Waals surface area contributed by atoms with Gasteiger partial charge in [-0.1, -0.05) is 6.07 Å². The second kappa shape index (κ2) is 8.35. The van der Waals surface area contributed by atoms with Gasteiger partial charge in [0.1, 0.15) is 5.82 Å². The normalized spacial score (nSPS) is 21.2. The van der Waals surface area contributed by atoms with E-state index < -0.39 is 0 Å². The van der Waals surface area contributed by atoms with Crippen LogP contribution in [0.5, 0.6) is 0 Å². The van der Waals surface area contributed by atoms with Gasteiger partial charge in [0.15, 0.2) is 5.13 Å². The van der Waals surface area contributed by atoms with Crippen molar-refractivity contribution in [1.29, 1.82) is 0 Å². The molecule has 1 unspecified atom stereocenters. The van der Waals surface area contributed by atoms with Crippen molar-refractivity contribution in [1.82, 2.24) is 20.2 Å². The first-order valence-corrected chi connectivity index (χ1v) is 10.7. The summed E-state index contributed by atoms with van der Waals surface area (Å²) in [6.07, 6.45) is 5.97. The van der Waals surface area contributed by atoms with E-state index in [0.717, 1.165) is 68.5 Å². The molecule has 2 aromatic rings. The maximum atomic E-state index is 12.7. The predicted octanol–water partition coefficient (Wildman–Crippen LogP) is 3.30. The van der Waals surface area contributed by atoms with Crippen LogP contribution in [-0.4, -0.2) is 47.0 Å². The van der Waals surface area contributed by atoms with Crippen LogP contribution in [0.25, 0.3) is 0 Å². The number of hydrogen-bond donors (Lipinski definition) is 2. The highest BCUT2D eigenvalue weighted by molar-refractivity contribution is 7.15. The van der Waals surface area contributed by atoms with E-state index in [2.05, 4.69) is 32.7 Å². The van der Waals surface area contributed by atoms with E-state index in [0.29, 0.717) is 11.8 Å². The molecule has 7 heteroatoms. The molecule has 6 nitrogen and oxygen atoms in total. The maximum absolute atomic E-state index is 12.7. The van der Waals surface area contributed by atoms with Gasteiger partial charge in [-0.15, -0.1) is 11.3 Å². The largest absolute Gasteiger partial charge is 0.342 e. The maximum Gasteiger partial charge on any atom is 0.226 e. The minimum atomic E-state index is 0.169. The van der Waals surface area contributed by atoms with Crippen LogP contribution in [0.15, 0.2) is 24.4 Å². The number of carbonyl (C=O) groups is 1. The van der Waals surface area contributed by atoms with Gasteiger partial charge in [0.25, 0.3) is 0 Å². The van der Waals surface area contributed by atoms with E-state index >= 15 is 0 Å². The standard InChI is InChI=1S/C20H27N5OS/c1-14-12-22-20(27-14)24-18-6-2-5-17(23-18)15-7-10-25(11-8-15)19(26)16-4-3-9-21-13-16/h2,5-6,12,15-16,21H,3-4,7-11,13H2,1H3,(H,22,23,24). The van der Waals surface area contributed by atoms with Crippen LogP contribution in [0.1, 0.15) is 42.2 Å². The lowest BCUT2D eigenvalue weighted by Gasteiger charge is -2.35. The predicted molar refractivity (Wildman–Crippen MR) is 109 cm³/mol. The minimum Gasteiger partial charge on any atom is -0.342 e. The fraction of sp³-hybridized carbons (Fsp3) is 0.550. The lowest BCUT2D eigenvalue weighted by atomic mass is 9.91. The molecule has 0 aromatic carbocycles. The summed E-state index contributed by atoms with van der Waals surface area (Å²) in [4.78, 5) is 25.1. The minimum absolute atomic E-state index is 0.169. The quantitative estimate of drug-likeness (QED) is 0.845. The van der Waals surface area contributed by atoms with Gasteiger partial charge in [0, 0.05) is 42.3 Å². The molecular formula is C20H27N5OS. The number of carbonyl (C=O) groups excluding carboxylic acids is 1. The Kier molecular flexibility index (Phi) is 5.69. The average Bonchev–Trinajstić information content (AvgIpc) is 3.13. The van der Waals surface area contributed by atoms with Gasteiger partial charge < -0.3 is 15.5 Å². The van der Waals surface area contributed by atoms with Crippen molar-refractivity contribution >= 4 is 28.2 Å². The molecule has 0 radical (unpaired) electrons. The van der Waals surface area contributed by atoms with Gasteiger partial charge in [-0.2, -0.15) is 0 Å². The number of hydrogen-bond acceptors (Lipinski definition) is 6. The molecule has 4 rings (SSSR count). The topological polar surface area (TPSA) is 70.2 Å². The number of piperidine rings is 2. The van der Waals surface area contributed by atoms with Crippen molar-refractivity contribution in [3.05, 3.63) is 35.0 Å². The number of likely N-dealkylation sites (tertiary alicyclic amines) is 1. The molecular weight excluding hydrogens is 358 g/mol. The Morgan fingerprint density at radius 2 is 2.15 bits per heavy atom. The molecule has 4 heterocycles. The van der Waals surface area contributed by atoms with Crippen molar-refractivity contribution in [2.45, 2.75) is 38.5 Å². The van der Waals surface area contributed by atoms with E-state index in [9.17, 15) is 4.79 Å². The molecule has 0 bridgehead atoms. The van der Waals surface area contributed by atoms with Crippen LogP contribution >= 0.6 is 11.3 Å². The third-order valence-corrected chi connectivity index (χ3v) is 6.33. The van der Waals surface area contributed by atoms with Crippen LogP contribution in [-0.2, 0) is 4.79 Å². The first-order chi connectivity index (χ1) is 13.2. The molecule has 27 heavy (non-hydrogen) atoms. The van der Waals surface area contributed by atoms with Crippen molar-refractivity contribution in [3.8, 4) is 0 Å². The van der Waals surface area contributed by atoms with Gasteiger partial charge in [0.05, 0.1) is 5.92 Å². The van der Waals surface area contributed by atoms with Crippen LogP contribution in [0.4, 0.5) is 10.9 Å². The zero-order valence-electron chi connectivity index (χ0n) is 15.8. The molecule has 1 amide bonds. The van der Waals surface area contributed by atoms with E-state index in [1.165, 1.54) is 4.88 Å². The number of anilines is 2. The van der Waals surface area contributed by atoms with E-state index in [1.54, 1.807) is 11.3 Å². The molecule has 1 atom stereocenters. The number of thiazole rings is 1. The SMILES string of the molecule is Cc1cnc(Nc2cccc(C3CCN(C(=O)C4CCCNC4)CC3)n2)s1. The molecule has 0 saturated carbocycles. The van der Waals surface area contributed by atoms with Gasteiger partial charge in [-0.25, -0.2) is 9.97 Å². The molecule has 2 aliphatic rings. The fourth-order valence-electron chi connectivity index (χ4n) is 3.99. The Bertz CT molecular complexity index is 778. The van der Waals surface area contributed by atoms with Crippen LogP contribution in [0, 0.1) is 12.8 Å². The summed E-state index contributed by atoms with van der Waals surface area (Å²) in [7, 11) is 0. The van der Waals surface area contributed by atoms with E-state index in [-0.39, 0.29) is 5.92 Å². The molecule has 144 valence electrons. The molecule has 2 saturated heterocycles. The number of nitrogens with one attached hydrogen (secondary N) is 2. The third-order valence-electron chi connectivity index (χ3n) is 5.50. The molecule has 2 N–H and O–H groups in total. The molecule has 0 aliphatic carbocycles. The highest BCUT2D eigenvalue weighted by Gasteiger charge is 2.29. The second-order valence-electron chi connectivity index (χ2n) is 7.49. The van der Waals surface area contributed by atoms with Crippen molar-refractivity contribution < 1.29 is 4.79 Å². The summed E-state index contributed by atoms with van der Waals surface area (Å²) < 4.78 is 0. The lowest BCUT2D eigenvalue weighted by Crippen LogP contribution is -2.45. The number of aromatic nitrogens is 2. The monoisotopic (exact) mass is 385 g/mol. The summed E-state index contributed by atoms with van der Waals surface area (Å²) in [6, 6.07) is 6.14. The molecule has 2 aliphatic heterocycles. The third kappa shape index (κ3) is 4.47.